The molecule has 1 aliphatic heterocycles. The van der Waals surface area contributed by atoms with Gasteiger partial charge in [-0.05, 0) is 30.5 Å². The number of likely N-dealkylation sites (tertiary alicyclic amines) is 1. The van der Waals surface area contributed by atoms with Gasteiger partial charge in [0.05, 0.1) is 33.3 Å². The number of nitrogens with zero attached hydrogens (tertiary/aromatic N) is 1. The number of nitrogens with one attached hydrogen (secondary N) is 2. The average Bonchev–Trinajstić information content (AvgIpc) is 2.97. The third-order valence-corrected chi connectivity index (χ3v) is 4.50. The van der Waals surface area contributed by atoms with Crippen molar-refractivity contribution in [2.24, 2.45) is 5.92 Å². The zero-order chi connectivity index (χ0) is 21.4. The molecule has 0 unspecified atom stereocenters. The van der Waals surface area contributed by atoms with Crippen molar-refractivity contribution in [1.29, 1.82) is 0 Å². The van der Waals surface area contributed by atoms with Gasteiger partial charge in [-0.2, -0.15) is 0 Å². The second-order valence-corrected chi connectivity index (χ2v) is 7.13. The first kappa shape index (κ1) is 22.6. The van der Waals surface area contributed by atoms with Gasteiger partial charge in [0.15, 0.2) is 11.5 Å². The molecule has 0 radical (unpaired) electrons. The molecule has 9 heteroatoms. The predicted molar refractivity (Wildman–Crippen MR) is 106 cm³/mol. The zero-order valence-corrected chi connectivity index (χ0v) is 17.3. The maximum atomic E-state index is 12.4. The van der Waals surface area contributed by atoms with Gasteiger partial charge in [-0.3, -0.25) is 24.7 Å². The molecule has 0 aliphatic carbocycles. The molecule has 1 aromatic rings. The van der Waals surface area contributed by atoms with E-state index < -0.39 is 11.9 Å². The van der Waals surface area contributed by atoms with E-state index in [1.165, 1.54) is 14.2 Å². The normalized spacial score (nSPS) is 16.4. The van der Waals surface area contributed by atoms with Gasteiger partial charge < -0.3 is 14.2 Å². The van der Waals surface area contributed by atoms with Crippen molar-refractivity contribution in [2.75, 3.05) is 34.0 Å². The smallest absolute Gasteiger partial charge is 0.265 e. The van der Waals surface area contributed by atoms with E-state index in [1.807, 2.05) is 0 Å². The summed E-state index contributed by atoms with van der Waals surface area (Å²) in [7, 11) is 3.00. The molecular weight excluding hydrogens is 378 g/mol. The van der Waals surface area contributed by atoms with Gasteiger partial charge >= 0.3 is 0 Å². The first-order chi connectivity index (χ1) is 13.9. The van der Waals surface area contributed by atoms with E-state index in [2.05, 4.69) is 24.7 Å². The summed E-state index contributed by atoms with van der Waals surface area (Å²) < 4.78 is 15.9. The molecule has 0 bridgehead atoms. The molecule has 0 spiro atoms. The number of methoxy groups -OCH3 is 2. The summed E-state index contributed by atoms with van der Waals surface area (Å²) in [5.74, 6) is 0.379. The van der Waals surface area contributed by atoms with E-state index in [-0.39, 0.29) is 31.4 Å². The number of carbonyl (C=O) groups is 3. The molecule has 0 saturated carbocycles. The van der Waals surface area contributed by atoms with E-state index >= 15 is 0 Å². The molecule has 9 nitrogen and oxygen atoms in total. The van der Waals surface area contributed by atoms with Crippen LogP contribution in [0.2, 0.25) is 0 Å². The summed E-state index contributed by atoms with van der Waals surface area (Å²) in [6.45, 7) is 5.23. The SMILES string of the molecule is COCCN1C(=O)C[C@@H](NNC(=O)c2ccc(OCCC(C)C)c(OC)c2)C1=O. The van der Waals surface area contributed by atoms with Crippen LogP contribution in [-0.2, 0) is 14.3 Å². The fraction of sp³-hybridized carbons (Fsp3) is 0.550. The second kappa shape index (κ2) is 10.8. The van der Waals surface area contributed by atoms with E-state index in [0.717, 1.165) is 11.3 Å². The summed E-state index contributed by atoms with van der Waals surface area (Å²) in [5.41, 5.74) is 5.45. The summed E-state index contributed by atoms with van der Waals surface area (Å²) in [4.78, 5) is 37.7. The van der Waals surface area contributed by atoms with E-state index in [0.29, 0.717) is 29.6 Å². The highest BCUT2D eigenvalue weighted by atomic mass is 16.5. The Balaban J connectivity index is 1.93. The molecule has 1 aliphatic rings. The van der Waals surface area contributed by atoms with Gasteiger partial charge in [0.2, 0.25) is 11.8 Å². The minimum Gasteiger partial charge on any atom is -0.493 e. The number of hydrogen-bond acceptors (Lipinski definition) is 7. The highest BCUT2D eigenvalue weighted by Gasteiger charge is 2.38. The number of hydrazine groups is 1. The van der Waals surface area contributed by atoms with Crippen LogP contribution in [0.1, 0.15) is 37.0 Å². The number of hydrogen-bond donors (Lipinski definition) is 2. The largest absolute Gasteiger partial charge is 0.493 e. The number of amides is 3. The first-order valence-electron chi connectivity index (χ1n) is 9.57. The van der Waals surface area contributed by atoms with Crippen molar-refractivity contribution in [3.05, 3.63) is 23.8 Å². The van der Waals surface area contributed by atoms with Crippen molar-refractivity contribution in [1.82, 2.24) is 15.8 Å². The van der Waals surface area contributed by atoms with Crippen LogP contribution in [0.25, 0.3) is 0 Å². The molecule has 1 aromatic carbocycles. The standard InChI is InChI=1S/C20H29N3O6/c1-13(2)7-9-29-16-6-5-14(11-17(16)28-4)19(25)22-21-15-12-18(24)23(20(15)26)8-10-27-3/h5-6,11,13,15,21H,7-10,12H2,1-4H3,(H,22,25)/t15-/m1/s1. The Kier molecular flexibility index (Phi) is 8.41. The Hall–Kier alpha value is -2.65. The lowest BCUT2D eigenvalue weighted by Gasteiger charge is -2.16. The number of imide groups is 1. The summed E-state index contributed by atoms with van der Waals surface area (Å²) in [6.07, 6.45) is 0.889. The van der Waals surface area contributed by atoms with Gasteiger partial charge in [0.25, 0.3) is 5.91 Å². The number of benzene rings is 1. The Morgan fingerprint density at radius 2 is 1.97 bits per heavy atom. The van der Waals surface area contributed by atoms with Crippen LogP contribution in [0.15, 0.2) is 18.2 Å². The van der Waals surface area contributed by atoms with Crippen molar-refractivity contribution >= 4 is 17.7 Å². The van der Waals surface area contributed by atoms with Crippen molar-refractivity contribution in [3.8, 4) is 11.5 Å². The van der Waals surface area contributed by atoms with Gasteiger partial charge in [-0.25, -0.2) is 5.43 Å². The molecule has 2 rings (SSSR count). The van der Waals surface area contributed by atoms with Gasteiger partial charge in [0.1, 0.15) is 6.04 Å². The monoisotopic (exact) mass is 407 g/mol. The Bertz CT molecular complexity index is 737. The average molecular weight is 407 g/mol. The third-order valence-electron chi connectivity index (χ3n) is 4.50. The topological polar surface area (TPSA) is 106 Å². The Morgan fingerprint density at radius 1 is 1.21 bits per heavy atom. The fourth-order valence-electron chi connectivity index (χ4n) is 2.77. The zero-order valence-electron chi connectivity index (χ0n) is 17.3. The van der Waals surface area contributed by atoms with E-state index in [1.54, 1.807) is 18.2 Å². The molecule has 0 aromatic heterocycles. The van der Waals surface area contributed by atoms with Crippen LogP contribution in [0, 0.1) is 5.92 Å². The second-order valence-electron chi connectivity index (χ2n) is 7.13. The van der Waals surface area contributed by atoms with Gasteiger partial charge in [-0.1, -0.05) is 13.8 Å². The Morgan fingerprint density at radius 3 is 2.62 bits per heavy atom. The fourth-order valence-corrected chi connectivity index (χ4v) is 2.77. The van der Waals surface area contributed by atoms with Crippen molar-refractivity contribution in [3.63, 3.8) is 0 Å². The molecular formula is C20H29N3O6. The van der Waals surface area contributed by atoms with Gasteiger partial charge in [0, 0.05) is 12.7 Å². The lowest BCUT2D eigenvalue weighted by atomic mass is 10.1. The van der Waals surface area contributed by atoms with E-state index in [4.69, 9.17) is 14.2 Å². The number of rotatable bonds is 11. The van der Waals surface area contributed by atoms with Crippen molar-refractivity contribution < 1.29 is 28.6 Å². The van der Waals surface area contributed by atoms with Crippen molar-refractivity contribution in [2.45, 2.75) is 32.7 Å². The molecule has 1 saturated heterocycles. The summed E-state index contributed by atoms with van der Waals surface area (Å²) in [6, 6.07) is 4.04. The van der Waals surface area contributed by atoms with Crippen LogP contribution < -0.4 is 20.3 Å². The minimum absolute atomic E-state index is 0.0191. The van der Waals surface area contributed by atoms with Gasteiger partial charge in [-0.15, -0.1) is 0 Å². The summed E-state index contributed by atoms with van der Waals surface area (Å²) >= 11 is 0. The third kappa shape index (κ3) is 6.16. The van der Waals surface area contributed by atoms with E-state index in [9.17, 15) is 14.4 Å². The molecule has 3 amide bonds. The lowest BCUT2D eigenvalue weighted by Crippen LogP contribution is -2.48. The maximum absolute atomic E-state index is 12.4. The van der Waals surface area contributed by atoms with Crippen LogP contribution in [0.3, 0.4) is 0 Å². The highest BCUT2D eigenvalue weighted by Crippen LogP contribution is 2.28. The summed E-state index contributed by atoms with van der Waals surface area (Å²) in [5, 5.41) is 0. The molecule has 2 N–H and O–H groups in total. The minimum atomic E-state index is -0.802. The molecule has 29 heavy (non-hydrogen) atoms. The van der Waals surface area contributed by atoms with Crippen LogP contribution in [0.5, 0.6) is 11.5 Å². The maximum Gasteiger partial charge on any atom is 0.265 e. The van der Waals surface area contributed by atoms with Crippen LogP contribution in [-0.4, -0.2) is 62.6 Å². The molecule has 1 fully saturated rings. The number of carbonyl (C=O) groups excluding carboxylic acids is 3. The van der Waals surface area contributed by atoms with Crippen LogP contribution in [0.4, 0.5) is 0 Å². The van der Waals surface area contributed by atoms with Crippen LogP contribution >= 0.6 is 0 Å². The number of ether oxygens (including phenoxy) is 3. The first-order valence-corrected chi connectivity index (χ1v) is 9.57. The molecule has 1 atom stereocenters. The highest BCUT2D eigenvalue weighted by molar-refractivity contribution is 6.05. The Labute approximate surface area is 170 Å². The predicted octanol–water partition coefficient (Wildman–Crippen LogP) is 1.13. The quantitative estimate of drug-likeness (QED) is 0.418. The lowest BCUT2D eigenvalue weighted by molar-refractivity contribution is -0.139. The molecule has 160 valence electrons. The molecule has 1 heterocycles.